The van der Waals surface area contributed by atoms with Gasteiger partial charge in [-0.2, -0.15) is 5.26 Å². The SMILES string of the molecule is CC(C)(C)c1cc(Br)ccc1C#N. The van der Waals surface area contributed by atoms with Crippen LogP contribution >= 0.6 is 15.9 Å². The molecule has 0 N–H and O–H groups in total. The maximum Gasteiger partial charge on any atom is 0.0994 e. The van der Waals surface area contributed by atoms with Gasteiger partial charge in [0, 0.05) is 4.47 Å². The van der Waals surface area contributed by atoms with Crippen molar-refractivity contribution in [2.75, 3.05) is 0 Å². The van der Waals surface area contributed by atoms with Crippen molar-refractivity contribution in [3.8, 4) is 6.07 Å². The van der Waals surface area contributed by atoms with Crippen molar-refractivity contribution >= 4 is 15.9 Å². The Morgan fingerprint density at radius 2 is 1.92 bits per heavy atom. The van der Waals surface area contributed by atoms with Crippen molar-refractivity contribution in [1.29, 1.82) is 5.26 Å². The van der Waals surface area contributed by atoms with Gasteiger partial charge in [-0.25, -0.2) is 0 Å². The fourth-order valence-corrected chi connectivity index (χ4v) is 1.60. The molecule has 0 aromatic heterocycles. The summed E-state index contributed by atoms with van der Waals surface area (Å²) in [7, 11) is 0. The smallest absolute Gasteiger partial charge is 0.0994 e. The summed E-state index contributed by atoms with van der Waals surface area (Å²) >= 11 is 3.41. The average molecular weight is 238 g/mol. The van der Waals surface area contributed by atoms with E-state index in [4.69, 9.17) is 5.26 Å². The van der Waals surface area contributed by atoms with Crippen molar-refractivity contribution in [2.45, 2.75) is 26.2 Å². The van der Waals surface area contributed by atoms with Gasteiger partial charge in [-0.05, 0) is 29.2 Å². The highest BCUT2D eigenvalue weighted by atomic mass is 79.9. The summed E-state index contributed by atoms with van der Waals surface area (Å²) in [6, 6.07) is 7.97. The molecule has 0 aliphatic carbocycles. The van der Waals surface area contributed by atoms with Crippen LogP contribution in [-0.2, 0) is 5.41 Å². The monoisotopic (exact) mass is 237 g/mol. The summed E-state index contributed by atoms with van der Waals surface area (Å²) in [5, 5.41) is 8.91. The van der Waals surface area contributed by atoms with Gasteiger partial charge in [-0.15, -0.1) is 0 Å². The van der Waals surface area contributed by atoms with E-state index in [0.717, 1.165) is 15.6 Å². The van der Waals surface area contributed by atoms with Crippen LogP contribution in [0.25, 0.3) is 0 Å². The second-order valence-electron chi connectivity index (χ2n) is 4.05. The molecule has 0 radical (unpaired) electrons. The van der Waals surface area contributed by atoms with E-state index in [0.29, 0.717) is 0 Å². The Morgan fingerprint density at radius 3 is 2.38 bits per heavy atom. The van der Waals surface area contributed by atoms with Gasteiger partial charge in [-0.3, -0.25) is 0 Å². The molecule has 0 heterocycles. The molecule has 0 bridgehead atoms. The molecule has 0 saturated heterocycles. The second kappa shape index (κ2) is 3.51. The predicted octanol–water partition coefficient (Wildman–Crippen LogP) is 3.62. The fraction of sp³-hybridized carbons (Fsp3) is 0.364. The zero-order chi connectivity index (χ0) is 10.1. The largest absolute Gasteiger partial charge is 0.192 e. The number of hydrogen-bond acceptors (Lipinski definition) is 1. The molecule has 0 saturated carbocycles. The van der Waals surface area contributed by atoms with E-state index < -0.39 is 0 Å². The van der Waals surface area contributed by atoms with Crippen LogP contribution in [0.15, 0.2) is 22.7 Å². The standard InChI is InChI=1S/C11H12BrN/c1-11(2,3)10-6-9(12)5-4-8(10)7-13/h4-6H,1-3H3. The quantitative estimate of drug-likeness (QED) is 0.677. The van der Waals surface area contributed by atoms with Crippen LogP contribution in [0.5, 0.6) is 0 Å². The third-order valence-corrected chi connectivity index (χ3v) is 2.40. The van der Waals surface area contributed by atoms with Gasteiger partial charge in [0.15, 0.2) is 0 Å². The zero-order valence-corrected chi connectivity index (χ0v) is 9.64. The van der Waals surface area contributed by atoms with Crippen molar-refractivity contribution in [2.24, 2.45) is 0 Å². The summed E-state index contributed by atoms with van der Waals surface area (Å²) in [5.41, 5.74) is 1.87. The van der Waals surface area contributed by atoms with Gasteiger partial charge in [0.25, 0.3) is 0 Å². The maximum atomic E-state index is 8.91. The molecular weight excluding hydrogens is 226 g/mol. The molecule has 13 heavy (non-hydrogen) atoms. The molecule has 0 spiro atoms. The predicted molar refractivity (Wildman–Crippen MR) is 57.6 cm³/mol. The summed E-state index contributed by atoms with van der Waals surface area (Å²) in [5.74, 6) is 0. The molecular formula is C11H12BrN. The molecule has 0 fully saturated rings. The summed E-state index contributed by atoms with van der Waals surface area (Å²) in [4.78, 5) is 0. The molecule has 1 rings (SSSR count). The summed E-state index contributed by atoms with van der Waals surface area (Å²) in [6.45, 7) is 6.32. The van der Waals surface area contributed by atoms with Crippen LogP contribution in [0.2, 0.25) is 0 Å². The minimum Gasteiger partial charge on any atom is -0.192 e. The van der Waals surface area contributed by atoms with Gasteiger partial charge >= 0.3 is 0 Å². The number of hydrogen-bond donors (Lipinski definition) is 0. The van der Waals surface area contributed by atoms with E-state index >= 15 is 0 Å². The molecule has 1 nitrogen and oxygen atoms in total. The highest BCUT2D eigenvalue weighted by Gasteiger charge is 2.17. The number of halogens is 1. The third-order valence-electron chi connectivity index (χ3n) is 1.91. The molecule has 1 aromatic carbocycles. The van der Waals surface area contributed by atoms with Crippen molar-refractivity contribution in [3.05, 3.63) is 33.8 Å². The van der Waals surface area contributed by atoms with E-state index in [-0.39, 0.29) is 5.41 Å². The molecule has 0 aliphatic heterocycles. The molecule has 0 amide bonds. The minimum absolute atomic E-state index is 0.0227. The van der Waals surface area contributed by atoms with Gasteiger partial charge in [0.05, 0.1) is 11.6 Å². The van der Waals surface area contributed by atoms with E-state index in [1.807, 2.05) is 18.2 Å². The summed E-state index contributed by atoms with van der Waals surface area (Å²) in [6.07, 6.45) is 0. The first-order chi connectivity index (χ1) is 5.95. The van der Waals surface area contributed by atoms with Crippen LogP contribution < -0.4 is 0 Å². The molecule has 1 aromatic rings. The Morgan fingerprint density at radius 1 is 1.31 bits per heavy atom. The van der Waals surface area contributed by atoms with Crippen LogP contribution in [-0.4, -0.2) is 0 Å². The molecule has 68 valence electrons. The lowest BCUT2D eigenvalue weighted by Gasteiger charge is -2.20. The highest BCUT2D eigenvalue weighted by molar-refractivity contribution is 9.10. The van der Waals surface area contributed by atoms with Crippen LogP contribution in [0.3, 0.4) is 0 Å². The molecule has 0 aliphatic rings. The third kappa shape index (κ3) is 2.32. The van der Waals surface area contributed by atoms with Crippen molar-refractivity contribution in [3.63, 3.8) is 0 Å². The van der Waals surface area contributed by atoms with Crippen LogP contribution in [0.4, 0.5) is 0 Å². The van der Waals surface area contributed by atoms with Gasteiger partial charge in [0.1, 0.15) is 0 Å². The summed E-state index contributed by atoms with van der Waals surface area (Å²) < 4.78 is 1.02. The van der Waals surface area contributed by atoms with Crippen molar-refractivity contribution < 1.29 is 0 Å². The highest BCUT2D eigenvalue weighted by Crippen LogP contribution is 2.28. The van der Waals surface area contributed by atoms with Gasteiger partial charge < -0.3 is 0 Å². The van der Waals surface area contributed by atoms with E-state index in [2.05, 4.69) is 42.8 Å². The Balaban J connectivity index is 3.35. The average Bonchev–Trinajstić information content (AvgIpc) is 2.03. The zero-order valence-electron chi connectivity index (χ0n) is 8.06. The van der Waals surface area contributed by atoms with Crippen LogP contribution in [0.1, 0.15) is 31.9 Å². The second-order valence-corrected chi connectivity index (χ2v) is 4.97. The first-order valence-corrected chi connectivity index (χ1v) is 4.94. The molecule has 0 atom stereocenters. The Bertz CT molecular complexity index is 355. The number of nitriles is 1. The lowest BCUT2D eigenvalue weighted by atomic mass is 9.84. The lowest BCUT2D eigenvalue weighted by molar-refractivity contribution is 0.588. The van der Waals surface area contributed by atoms with Gasteiger partial charge in [-0.1, -0.05) is 36.7 Å². The first kappa shape index (κ1) is 10.3. The van der Waals surface area contributed by atoms with E-state index in [1.165, 1.54) is 0 Å². The van der Waals surface area contributed by atoms with E-state index in [9.17, 15) is 0 Å². The number of benzene rings is 1. The lowest BCUT2D eigenvalue weighted by Crippen LogP contribution is -2.13. The topological polar surface area (TPSA) is 23.8 Å². The van der Waals surface area contributed by atoms with E-state index in [1.54, 1.807) is 0 Å². The van der Waals surface area contributed by atoms with Crippen LogP contribution in [0, 0.1) is 11.3 Å². The normalized spacial score (nSPS) is 11.0. The first-order valence-electron chi connectivity index (χ1n) is 4.15. The number of nitrogens with zero attached hydrogens (tertiary/aromatic N) is 1. The minimum atomic E-state index is 0.0227. The Hall–Kier alpha value is -0.810. The molecule has 2 heteroatoms. The number of rotatable bonds is 0. The Kier molecular flexibility index (Phi) is 2.77. The fourth-order valence-electron chi connectivity index (χ4n) is 1.23. The Labute approximate surface area is 87.5 Å². The van der Waals surface area contributed by atoms with Gasteiger partial charge in [0.2, 0.25) is 0 Å². The maximum absolute atomic E-state index is 8.91. The molecule has 0 unspecified atom stereocenters. The van der Waals surface area contributed by atoms with Crippen molar-refractivity contribution in [1.82, 2.24) is 0 Å².